The fraction of sp³-hybridized carbons (Fsp3) is 0.929. The van der Waals surface area contributed by atoms with Crippen LogP contribution in [0.5, 0.6) is 0 Å². The summed E-state index contributed by atoms with van der Waals surface area (Å²) < 4.78 is 4.68. The lowest BCUT2D eigenvalue weighted by atomic mass is 9.97. The Balaban J connectivity index is 2.32. The summed E-state index contributed by atoms with van der Waals surface area (Å²) in [6, 6.07) is 0.605. The van der Waals surface area contributed by atoms with Gasteiger partial charge in [0.15, 0.2) is 0 Å². The van der Waals surface area contributed by atoms with Crippen LogP contribution in [0, 0.1) is 0 Å². The molecular formula is C14H28N2O2. The Morgan fingerprint density at radius 1 is 1.33 bits per heavy atom. The molecule has 1 rings (SSSR count). The molecule has 4 nitrogen and oxygen atoms in total. The third-order valence-corrected chi connectivity index (χ3v) is 3.93. The van der Waals surface area contributed by atoms with Crippen molar-refractivity contribution in [2.24, 2.45) is 0 Å². The van der Waals surface area contributed by atoms with E-state index in [9.17, 15) is 4.79 Å². The number of methoxy groups -OCH3 is 1. The van der Waals surface area contributed by atoms with E-state index in [2.05, 4.69) is 42.4 Å². The number of carbonyl (C=O) groups is 1. The lowest BCUT2D eigenvalue weighted by molar-refractivity contribution is -0.141. The second-order valence-electron chi connectivity index (χ2n) is 6.20. The number of esters is 1. The van der Waals surface area contributed by atoms with E-state index in [0.717, 1.165) is 19.6 Å². The van der Waals surface area contributed by atoms with E-state index >= 15 is 0 Å². The number of hydrogen-bond acceptors (Lipinski definition) is 4. The molecule has 0 bridgehead atoms. The highest BCUT2D eigenvalue weighted by atomic mass is 16.5. The molecule has 0 aliphatic carbocycles. The van der Waals surface area contributed by atoms with Gasteiger partial charge in [0.2, 0.25) is 0 Å². The van der Waals surface area contributed by atoms with E-state index in [1.54, 1.807) is 0 Å². The van der Waals surface area contributed by atoms with Crippen LogP contribution in [0.15, 0.2) is 0 Å². The van der Waals surface area contributed by atoms with Gasteiger partial charge in [-0.1, -0.05) is 0 Å². The molecule has 18 heavy (non-hydrogen) atoms. The van der Waals surface area contributed by atoms with E-state index in [0.29, 0.717) is 12.5 Å². The summed E-state index contributed by atoms with van der Waals surface area (Å²) in [6.07, 6.45) is 2.87. The first-order chi connectivity index (χ1) is 8.34. The zero-order valence-corrected chi connectivity index (χ0v) is 12.5. The summed E-state index contributed by atoms with van der Waals surface area (Å²) in [5.74, 6) is -0.117. The average molecular weight is 256 g/mol. The van der Waals surface area contributed by atoms with E-state index in [4.69, 9.17) is 0 Å². The lowest BCUT2D eigenvalue weighted by Crippen LogP contribution is -2.50. The summed E-state index contributed by atoms with van der Waals surface area (Å²) in [4.78, 5) is 16.0. The Hall–Kier alpha value is -0.610. The number of nitrogens with zero attached hydrogens (tertiary/aromatic N) is 2. The Morgan fingerprint density at radius 2 is 1.89 bits per heavy atom. The number of carbonyl (C=O) groups excluding carboxylic acids is 1. The molecule has 0 amide bonds. The summed E-state index contributed by atoms with van der Waals surface area (Å²) in [5.41, 5.74) is 0.273. The minimum absolute atomic E-state index is 0.117. The molecule has 1 fully saturated rings. The summed E-state index contributed by atoms with van der Waals surface area (Å²) in [6.45, 7) is 9.91. The standard InChI is InChI=1S/C14H28N2O2/c1-14(2,3)16-10-6-12(7-11-16)15(4)9-8-13(17)18-5/h12H,6-11H2,1-5H3. The lowest BCUT2D eigenvalue weighted by Gasteiger charge is -2.43. The third-order valence-electron chi connectivity index (χ3n) is 3.93. The van der Waals surface area contributed by atoms with Crippen LogP contribution >= 0.6 is 0 Å². The maximum Gasteiger partial charge on any atom is 0.306 e. The van der Waals surface area contributed by atoms with Crippen LogP contribution in [0.25, 0.3) is 0 Å². The summed E-state index contributed by atoms with van der Waals surface area (Å²) in [5, 5.41) is 0. The van der Waals surface area contributed by atoms with Crippen LogP contribution < -0.4 is 0 Å². The van der Waals surface area contributed by atoms with Crippen LogP contribution in [0.4, 0.5) is 0 Å². The first-order valence-electron chi connectivity index (χ1n) is 6.86. The molecule has 1 saturated heterocycles. The third kappa shape index (κ3) is 4.58. The van der Waals surface area contributed by atoms with Crippen LogP contribution in [0.1, 0.15) is 40.0 Å². The Kier molecular flexibility index (Phi) is 5.60. The number of rotatable bonds is 4. The number of piperidine rings is 1. The Bertz CT molecular complexity index is 265. The van der Waals surface area contributed by atoms with Crippen molar-refractivity contribution in [1.29, 1.82) is 0 Å². The van der Waals surface area contributed by atoms with Gasteiger partial charge in [0, 0.05) is 31.2 Å². The van der Waals surface area contributed by atoms with Gasteiger partial charge in [-0.3, -0.25) is 9.69 Å². The molecule has 4 heteroatoms. The van der Waals surface area contributed by atoms with Crippen molar-refractivity contribution in [1.82, 2.24) is 9.80 Å². The number of ether oxygens (including phenoxy) is 1. The highest BCUT2D eigenvalue weighted by Gasteiger charge is 2.28. The van der Waals surface area contributed by atoms with E-state index in [-0.39, 0.29) is 11.5 Å². The first-order valence-corrected chi connectivity index (χ1v) is 6.86. The van der Waals surface area contributed by atoms with Crippen molar-refractivity contribution in [2.75, 3.05) is 33.8 Å². The van der Waals surface area contributed by atoms with Gasteiger partial charge in [-0.2, -0.15) is 0 Å². The van der Waals surface area contributed by atoms with Crippen LogP contribution in [-0.2, 0) is 9.53 Å². The minimum Gasteiger partial charge on any atom is -0.469 e. The molecule has 0 aromatic heterocycles. The highest BCUT2D eigenvalue weighted by molar-refractivity contribution is 5.69. The van der Waals surface area contributed by atoms with Gasteiger partial charge in [-0.25, -0.2) is 0 Å². The van der Waals surface area contributed by atoms with Crippen molar-refractivity contribution < 1.29 is 9.53 Å². The van der Waals surface area contributed by atoms with Gasteiger partial charge in [-0.05, 0) is 40.7 Å². The average Bonchev–Trinajstić information content (AvgIpc) is 2.34. The van der Waals surface area contributed by atoms with Crippen molar-refractivity contribution in [3.63, 3.8) is 0 Å². The zero-order chi connectivity index (χ0) is 13.8. The largest absolute Gasteiger partial charge is 0.469 e. The normalized spacial score (nSPS) is 19.2. The Labute approximate surface area is 111 Å². The molecule has 0 atom stereocenters. The molecule has 0 radical (unpaired) electrons. The van der Waals surface area contributed by atoms with E-state index in [1.165, 1.54) is 20.0 Å². The topological polar surface area (TPSA) is 32.8 Å². The van der Waals surface area contributed by atoms with Crippen LogP contribution in [-0.4, -0.2) is 61.1 Å². The smallest absolute Gasteiger partial charge is 0.306 e. The molecule has 1 aliphatic rings. The van der Waals surface area contributed by atoms with E-state index in [1.807, 2.05) is 0 Å². The molecular weight excluding hydrogens is 228 g/mol. The summed E-state index contributed by atoms with van der Waals surface area (Å²) in [7, 11) is 3.56. The predicted molar refractivity (Wildman–Crippen MR) is 73.6 cm³/mol. The van der Waals surface area contributed by atoms with E-state index < -0.39 is 0 Å². The van der Waals surface area contributed by atoms with Crippen molar-refractivity contribution in [2.45, 2.75) is 51.6 Å². The SMILES string of the molecule is COC(=O)CCN(C)C1CCN(C(C)(C)C)CC1. The maximum absolute atomic E-state index is 11.1. The molecule has 0 unspecified atom stereocenters. The Morgan fingerprint density at radius 3 is 2.33 bits per heavy atom. The molecule has 1 aliphatic heterocycles. The highest BCUT2D eigenvalue weighted by Crippen LogP contribution is 2.22. The summed E-state index contributed by atoms with van der Waals surface area (Å²) >= 11 is 0. The molecule has 106 valence electrons. The van der Waals surface area contributed by atoms with Gasteiger partial charge in [0.05, 0.1) is 13.5 Å². The number of likely N-dealkylation sites (tertiary alicyclic amines) is 1. The quantitative estimate of drug-likeness (QED) is 0.717. The van der Waals surface area contributed by atoms with Gasteiger partial charge < -0.3 is 9.64 Å². The number of hydrogen-bond donors (Lipinski definition) is 0. The van der Waals surface area contributed by atoms with Crippen molar-refractivity contribution in [3.8, 4) is 0 Å². The fourth-order valence-corrected chi connectivity index (χ4v) is 2.53. The second-order valence-corrected chi connectivity index (χ2v) is 6.20. The fourth-order valence-electron chi connectivity index (χ4n) is 2.53. The maximum atomic E-state index is 11.1. The van der Waals surface area contributed by atoms with Crippen LogP contribution in [0.2, 0.25) is 0 Å². The molecule has 1 heterocycles. The molecule has 0 N–H and O–H groups in total. The zero-order valence-electron chi connectivity index (χ0n) is 12.5. The van der Waals surface area contributed by atoms with Gasteiger partial charge >= 0.3 is 5.97 Å². The molecule has 0 saturated carbocycles. The first kappa shape index (κ1) is 15.4. The van der Waals surface area contributed by atoms with Gasteiger partial charge in [-0.15, -0.1) is 0 Å². The molecule has 0 aromatic rings. The van der Waals surface area contributed by atoms with Gasteiger partial charge in [0.1, 0.15) is 0 Å². The predicted octanol–water partition coefficient (Wildman–Crippen LogP) is 1.74. The molecule has 0 aromatic carbocycles. The second kappa shape index (κ2) is 6.53. The van der Waals surface area contributed by atoms with Gasteiger partial charge in [0.25, 0.3) is 0 Å². The van der Waals surface area contributed by atoms with Crippen molar-refractivity contribution >= 4 is 5.97 Å². The van der Waals surface area contributed by atoms with Crippen molar-refractivity contribution in [3.05, 3.63) is 0 Å². The molecule has 0 spiro atoms. The monoisotopic (exact) mass is 256 g/mol. The minimum atomic E-state index is -0.117. The van der Waals surface area contributed by atoms with Crippen LogP contribution in [0.3, 0.4) is 0 Å².